The van der Waals surface area contributed by atoms with Crippen LogP contribution in [0.3, 0.4) is 0 Å². The van der Waals surface area contributed by atoms with E-state index in [0.717, 1.165) is 55.9 Å². The number of carbonyl (C=O) groups excluding carboxylic acids is 1. The monoisotopic (exact) mass is 483 g/mol. The predicted octanol–water partition coefficient (Wildman–Crippen LogP) is 3.76. The van der Waals surface area contributed by atoms with Crippen LogP contribution in [0.25, 0.3) is 6.20 Å². The molecule has 0 aromatic carbocycles. The van der Waals surface area contributed by atoms with E-state index in [4.69, 9.17) is 20.6 Å². The number of methoxy groups -OCH3 is 1. The zero-order valence-electron chi connectivity index (χ0n) is 20.9. The average molecular weight is 484 g/mol. The van der Waals surface area contributed by atoms with Crippen LogP contribution in [-0.4, -0.2) is 69.1 Å². The van der Waals surface area contributed by atoms with Crippen molar-refractivity contribution in [2.75, 3.05) is 26.7 Å². The maximum atomic E-state index is 14.5. The van der Waals surface area contributed by atoms with E-state index in [1.807, 2.05) is 33.0 Å². The van der Waals surface area contributed by atoms with E-state index in [1.165, 1.54) is 19.2 Å². The highest BCUT2D eigenvalue weighted by Gasteiger charge is 2.33. The highest BCUT2D eigenvalue weighted by molar-refractivity contribution is 5.93. The number of likely N-dealkylation sites (tertiary alicyclic amines) is 2. The fourth-order valence-electron chi connectivity index (χ4n) is 4.61. The van der Waals surface area contributed by atoms with Crippen LogP contribution in [0.15, 0.2) is 28.8 Å². The summed E-state index contributed by atoms with van der Waals surface area (Å²) in [5.41, 5.74) is 7.63. The molecule has 2 aliphatic heterocycles. The molecule has 0 spiro atoms. The molecule has 188 valence electrons. The third kappa shape index (κ3) is 5.53. The number of piperidine rings is 1. The lowest BCUT2D eigenvalue weighted by Gasteiger charge is -2.34. The molecule has 2 aromatic rings. The molecule has 4 heterocycles. The summed E-state index contributed by atoms with van der Waals surface area (Å²) in [5.74, 6) is 0.634. The number of carbonyl (C=O) groups is 1. The molecule has 2 atom stereocenters. The standard InChI is InChI=1S/C25H34FN7O2/c1-16(2)14-33-22(28-17(3)31-12-10-18(27)15-31)13-20(30-33)21-7-5-6-11-32(21)25(34)24-19(26)8-9-23(29-24)35-4/h8-9,13-14,18,21H,5-7,10-12,15,27H2,1-4H3/b28-17+/t18?,21-/m0/s1. The fourth-order valence-corrected chi connectivity index (χ4v) is 4.61. The van der Waals surface area contributed by atoms with Crippen molar-refractivity contribution in [3.8, 4) is 5.88 Å². The van der Waals surface area contributed by atoms with Crippen LogP contribution in [0, 0.1) is 5.82 Å². The number of nitrogens with zero attached hydrogens (tertiary/aromatic N) is 6. The summed E-state index contributed by atoms with van der Waals surface area (Å²) in [6, 6.07) is 4.39. The van der Waals surface area contributed by atoms with Crippen LogP contribution in [-0.2, 0) is 0 Å². The number of amides is 1. The van der Waals surface area contributed by atoms with Crippen molar-refractivity contribution in [2.45, 2.75) is 58.5 Å². The minimum atomic E-state index is -0.667. The average Bonchev–Trinajstić information content (AvgIpc) is 3.45. The molecule has 4 rings (SSSR count). The fraction of sp³-hybridized carbons (Fsp3) is 0.520. The summed E-state index contributed by atoms with van der Waals surface area (Å²) in [5, 5.41) is 4.81. The van der Waals surface area contributed by atoms with Crippen molar-refractivity contribution < 1.29 is 13.9 Å². The van der Waals surface area contributed by atoms with Crippen molar-refractivity contribution in [2.24, 2.45) is 10.7 Å². The van der Waals surface area contributed by atoms with E-state index in [-0.39, 0.29) is 23.7 Å². The number of rotatable bonds is 5. The number of halogens is 1. The van der Waals surface area contributed by atoms with Gasteiger partial charge in [-0.05, 0) is 52.5 Å². The number of allylic oxidation sites excluding steroid dienone is 1. The lowest BCUT2D eigenvalue weighted by atomic mass is 9.98. The Morgan fingerprint density at radius 3 is 2.71 bits per heavy atom. The largest absolute Gasteiger partial charge is 0.481 e. The molecule has 0 saturated carbocycles. The lowest BCUT2D eigenvalue weighted by molar-refractivity contribution is 0.0593. The molecule has 2 aliphatic rings. The number of aromatic nitrogens is 3. The minimum Gasteiger partial charge on any atom is -0.481 e. The van der Waals surface area contributed by atoms with Gasteiger partial charge in [-0.25, -0.2) is 19.0 Å². The van der Waals surface area contributed by atoms with Crippen LogP contribution in [0.1, 0.15) is 68.7 Å². The van der Waals surface area contributed by atoms with Crippen molar-refractivity contribution in [1.29, 1.82) is 0 Å². The van der Waals surface area contributed by atoms with E-state index in [1.54, 1.807) is 9.58 Å². The zero-order valence-corrected chi connectivity index (χ0v) is 20.9. The molecule has 10 heteroatoms. The Balaban J connectivity index is 1.68. The second-order valence-electron chi connectivity index (χ2n) is 9.43. The van der Waals surface area contributed by atoms with Gasteiger partial charge >= 0.3 is 0 Å². The third-order valence-electron chi connectivity index (χ3n) is 6.41. The molecule has 35 heavy (non-hydrogen) atoms. The predicted molar refractivity (Wildman–Crippen MR) is 133 cm³/mol. The van der Waals surface area contributed by atoms with Gasteiger partial charge in [-0.1, -0.05) is 5.57 Å². The Labute approximate surface area is 205 Å². The highest BCUT2D eigenvalue weighted by Crippen LogP contribution is 2.34. The van der Waals surface area contributed by atoms with Crippen molar-refractivity contribution in [3.63, 3.8) is 0 Å². The quantitative estimate of drug-likeness (QED) is 0.513. The summed E-state index contributed by atoms with van der Waals surface area (Å²) < 4.78 is 21.4. The van der Waals surface area contributed by atoms with E-state index in [0.29, 0.717) is 12.4 Å². The molecular weight excluding hydrogens is 449 g/mol. The Kier molecular flexibility index (Phi) is 7.49. The molecule has 0 bridgehead atoms. The molecule has 0 aliphatic carbocycles. The molecule has 9 nitrogen and oxygen atoms in total. The van der Waals surface area contributed by atoms with Crippen molar-refractivity contribution in [3.05, 3.63) is 41.0 Å². The smallest absolute Gasteiger partial charge is 0.276 e. The zero-order chi connectivity index (χ0) is 25.1. The van der Waals surface area contributed by atoms with Gasteiger partial charge in [0.2, 0.25) is 5.88 Å². The van der Waals surface area contributed by atoms with E-state index < -0.39 is 11.7 Å². The first-order chi connectivity index (χ1) is 16.8. The van der Waals surface area contributed by atoms with E-state index >= 15 is 0 Å². The third-order valence-corrected chi connectivity index (χ3v) is 6.41. The molecule has 2 saturated heterocycles. The van der Waals surface area contributed by atoms with Gasteiger partial charge in [-0.3, -0.25) is 4.79 Å². The Morgan fingerprint density at radius 2 is 2.03 bits per heavy atom. The second-order valence-corrected chi connectivity index (χ2v) is 9.43. The maximum Gasteiger partial charge on any atom is 0.276 e. The van der Waals surface area contributed by atoms with Gasteiger partial charge in [0, 0.05) is 44.0 Å². The van der Waals surface area contributed by atoms with E-state index in [2.05, 4.69) is 9.88 Å². The van der Waals surface area contributed by atoms with Crippen molar-refractivity contribution in [1.82, 2.24) is 24.6 Å². The molecular formula is C25H34FN7O2. The molecule has 2 fully saturated rings. The number of ether oxygens (including phenoxy) is 1. The molecule has 2 aromatic heterocycles. The lowest BCUT2D eigenvalue weighted by Crippen LogP contribution is -2.39. The Bertz CT molecular complexity index is 1140. The van der Waals surface area contributed by atoms with Crippen LogP contribution in [0.5, 0.6) is 5.88 Å². The van der Waals surface area contributed by atoms with Crippen LogP contribution in [0.2, 0.25) is 0 Å². The first-order valence-electron chi connectivity index (χ1n) is 12.1. The van der Waals surface area contributed by atoms with Gasteiger partial charge in [0.1, 0.15) is 5.84 Å². The van der Waals surface area contributed by atoms with Gasteiger partial charge in [0.25, 0.3) is 5.91 Å². The number of aliphatic imine (C=N–C) groups is 1. The van der Waals surface area contributed by atoms with E-state index in [9.17, 15) is 9.18 Å². The summed E-state index contributed by atoms with van der Waals surface area (Å²) in [6.45, 7) is 8.13. The van der Waals surface area contributed by atoms with Gasteiger partial charge in [-0.2, -0.15) is 5.10 Å². The summed E-state index contributed by atoms with van der Waals surface area (Å²) >= 11 is 0. The summed E-state index contributed by atoms with van der Waals surface area (Å²) in [4.78, 5) is 26.2. The number of amidine groups is 1. The van der Waals surface area contributed by atoms with Gasteiger partial charge in [-0.15, -0.1) is 0 Å². The first-order valence-corrected chi connectivity index (χ1v) is 12.1. The first kappa shape index (κ1) is 24.8. The Hall–Kier alpha value is -3.27. The Morgan fingerprint density at radius 1 is 1.23 bits per heavy atom. The number of nitrogens with two attached hydrogens (primary N) is 1. The molecule has 1 amide bonds. The normalized spacial score (nSPS) is 20.8. The number of pyridine rings is 1. The number of hydrogen-bond acceptors (Lipinski definition) is 6. The number of hydrogen-bond donors (Lipinski definition) is 1. The summed E-state index contributed by atoms with van der Waals surface area (Å²) in [7, 11) is 1.44. The van der Waals surface area contributed by atoms with Crippen LogP contribution < -0.4 is 10.5 Å². The van der Waals surface area contributed by atoms with Crippen molar-refractivity contribution >= 4 is 23.8 Å². The van der Waals surface area contributed by atoms with Crippen LogP contribution >= 0.6 is 0 Å². The van der Waals surface area contributed by atoms with Crippen LogP contribution in [0.4, 0.5) is 10.2 Å². The SMILES string of the molecule is COc1ccc(F)c(C(=O)N2CCCC[C@H]2c2cc(/N=C(\C)N3CCC(N)C3)n(C=C(C)C)n2)n1. The molecule has 1 unspecified atom stereocenters. The van der Waals surface area contributed by atoms with Gasteiger partial charge in [0.05, 0.1) is 18.8 Å². The maximum absolute atomic E-state index is 14.5. The molecule has 0 radical (unpaired) electrons. The molecule has 2 N–H and O–H groups in total. The summed E-state index contributed by atoms with van der Waals surface area (Å²) in [6.07, 6.45) is 5.37. The second kappa shape index (κ2) is 10.6. The highest BCUT2D eigenvalue weighted by atomic mass is 19.1. The van der Waals surface area contributed by atoms with Gasteiger partial charge < -0.3 is 20.3 Å². The van der Waals surface area contributed by atoms with Gasteiger partial charge in [0.15, 0.2) is 17.3 Å². The topological polar surface area (TPSA) is 102 Å². The minimum absolute atomic E-state index is 0.158.